The average molecular weight is 1160 g/mol. The minimum absolute atomic E-state index is 0. The van der Waals surface area contributed by atoms with Gasteiger partial charge >= 0.3 is 86.9 Å². The van der Waals surface area contributed by atoms with Crippen LogP contribution in [0, 0.1) is 71.0 Å². The second-order valence-corrected chi connectivity index (χ2v) is 21.5. The first-order valence-corrected chi connectivity index (χ1v) is 22.5. The molecule has 432 valence electrons. The molecular weight excluding hydrogens is 1030 g/mol. The molecule has 1 rings (SSSR count). The molecule has 12 N–H and O–H groups in total. The molecule has 0 fully saturated rings. The van der Waals surface area contributed by atoms with Crippen molar-refractivity contribution < 1.29 is 129 Å². The van der Waals surface area contributed by atoms with E-state index in [1.807, 2.05) is 0 Å². The van der Waals surface area contributed by atoms with Gasteiger partial charge in [-0.25, -0.2) is 0 Å². The van der Waals surface area contributed by atoms with Gasteiger partial charge in [-0.15, -0.1) is 0 Å². The Kier molecular flexibility index (Phi) is 197. The van der Waals surface area contributed by atoms with Crippen LogP contribution in [0.5, 0.6) is 0 Å². The maximum absolute atomic E-state index is 9.09. The summed E-state index contributed by atoms with van der Waals surface area (Å²) in [5.41, 5.74) is 1.17. The van der Waals surface area contributed by atoms with E-state index >= 15 is 0 Å². The average Bonchev–Trinajstić information content (AvgIpc) is 2.93. The first kappa shape index (κ1) is 135. The quantitative estimate of drug-likeness (QED) is 0.132. The molecule has 71 heavy (non-hydrogen) atoms. The number of nitrogens with zero attached hydrogens (tertiary/aromatic N) is 1. The van der Waals surface area contributed by atoms with Crippen LogP contribution in [-0.2, 0) is 86.9 Å². The second-order valence-electron chi connectivity index (χ2n) is 21.5. The molecule has 13 heteroatoms. The van der Waals surface area contributed by atoms with Crippen LogP contribution in [0.15, 0.2) is 18.2 Å². The molecule has 1 aromatic rings. The predicted octanol–water partition coefficient (Wildman–Crippen LogP) is 15.9. The van der Waals surface area contributed by atoms with Gasteiger partial charge in [0.25, 0.3) is 0 Å². The summed E-state index contributed by atoms with van der Waals surface area (Å²) in [5, 5.41) is 36.1. The maximum Gasteiger partial charge on any atom is 3.00 e. The smallest absolute Gasteiger partial charge is 0.412 e. The second kappa shape index (κ2) is 104. The minimum Gasteiger partial charge on any atom is -0.412 e. The summed E-state index contributed by atoms with van der Waals surface area (Å²) in [7, 11) is 3.46. The van der Waals surface area contributed by atoms with E-state index in [-0.39, 0.29) is 109 Å². The molecule has 0 aromatic heterocycles. The normalized spacial score (nSPS) is 8.45. The molecule has 0 saturated carbocycles. The predicted molar refractivity (Wildman–Crippen MR) is 313 cm³/mol. The van der Waals surface area contributed by atoms with E-state index in [4.69, 9.17) is 20.4 Å². The minimum atomic E-state index is -1.58. The zero-order chi connectivity index (χ0) is 54.5. The molecule has 0 saturated heterocycles. The molecular formula is C58H131NO8Ti4. The van der Waals surface area contributed by atoms with Crippen LogP contribution in [0.3, 0.4) is 0 Å². The molecule has 0 aliphatic rings. The van der Waals surface area contributed by atoms with Crippen molar-refractivity contribution in [3.05, 3.63) is 100 Å². The molecule has 0 amide bonds. The molecule has 1 aromatic carbocycles. The van der Waals surface area contributed by atoms with Gasteiger partial charge < -0.3 is 118 Å². The van der Waals surface area contributed by atoms with Crippen LogP contribution in [-0.4, -0.2) is 56.4 Å². The van der Waals surface area contributed by atoms with Crippen LogP contribution in [0.2, 0.25) is 0 Å². The Labute approximate surface area is 511 Å². The molecule has 0 aliphatic heterocycles. The third-order valence-electron chi connectivity index (χ3n) is 2.11. The van der Waals surface area contributed by atoms with Crippen LogP contribution >= 0.6 is 0 Å². The fraction of sp³-hybridized carbons (Fsp3) is 0.690. The molecule has 0 heterocycles. The zero-order valence-corrected chi connectivity index (χ0v) is 60.9. The van der Waals surface area contributed by atoms with E-state index in [0.717, 1.165) is 0 Å². The molecule has 0 atom stereocenters. The van der Waals surface area contributed by atoms with Gasteiger partial charge in [0.1, 0.15) is 0 Å². The number of aliphatic hydroxyl groups is 4. The standard InChI is InChI=1S/C10H15NO4.12C4H9.4H2O.4Ti/c1-11(2)8-5-6(9(12)13)3-4-7(8)10(14)15;12*1-4(2)3;;;;;;;;/h3-5,9-10,12-15H,1-2H3;12*1-3H3;4*1H2;;;;/q;12*-1;;;;;4*+3. The molecule has 0 spiro atoms. The third kappa shape index (κ3) is 491. The molecule has 9 nitrogen and oxygen atoms in total. The van der Waals surface area contributed by atoms with Crippen molar-refractivity contribution in [3.63, 3.8) is 0 Å². The van der Waals surface area contributed by atoms with Crippen molar-refractivity contribution in [2.45, 2.75) is 262 Å². The van der Waals surface area contributed by atoms with Gasteiger partial charge in [0.2, 0.25) is 0 Å². The van der Waals surface area contributed by atoms with Gasteiger partial charge in [0.05, 0.1) is 0 Å². The summed E-state index contributed by atoms with van der Waals surface area (Å²) in [5.74, 6) is 17.0. The summed E-state index contributed by atoms with van der Waals surface area (Å²) >= 11 is 0. The first-order valence-electron chi connectivity index (χ1n) is 22.5. The van der Waals surface area contributed by atoms with E-state index < -0.39 is 12.6 Å². The number of benzene rings is 1. The topological polar surface area (TPSA) is 210 Å². The summed E-state index contributed by atoms with van der Waals surface area (Å²) in [6.45, 7) is 75.0. The zero-order valence-electron chi connectivity index (χ0n) is 54.6. The number of anilines is 1. The van der Waals surface area contributed by atoms with E-state index in [0.29, 0.717) is 16.8 Å². The van der Waals surface area contributed by atoms with Crippen molar-refractivity contribution in [3.8, 4) is 0 Å². The fourth-order valence-electron chi connectivity index (χ4n) is 1.33. The fourth-order valence-corrected chi connectivity index (χ4v) is 1.33. The van der Waals surface area contributed by atoms with E-state index in [1.165, 1.54) is 89.2 Å². The molecule has 0 aliphatic carbocycles. The summed E-state index contributed by atoms with van der Waals surface area (Å²) < 4.78 is 0. The van der Waals surface area contributed by atoms with Gasteiger partial charge in [-0.05, 0) is 6.07 Å². The SMILES string of the molecule is CN(C)c1cc(C(O)O)ccc1C(O)O.C[C-](C)C.C[C-](C)C.C[C-](C)C.C[C-](C)C.C[C-](C)C.C[C-](C)C.C[C-](C)C.C[C-](C)C.C[C-](C)C.C[C-](C)C.C[C-](C)C.C[C-](C)C.O.O.O.O.[Ti+3].[Ti+3].[Ti+3].[Ti+3]. The number of aliphatic hydroxyl groups excluding tert-OH is 2. The largest absolute Gasteiger partial charge is 3.00 e. The Morgan fingerprint density at radius 1 is 0.282 bits per heavy atom. The Bertz CT molecular complexity index is 709. The van der Waals surface area contributed by atoms with Crippen LogP contribution in [0.4, 0.5) is 5.69 Å². The van der Waals surface area contributed by atoms with Crippen LogP contribution in [0.25, 0.3) is 0 Å². The van der Waals surface area contributed by atoms with Gasteiger partial charge in [0.15, 0.2) is 12.6 Å². The monoisotopic (exact) mass is 1160 g/mol. The summed E-state index contributed by atoms with van der Waals surface area (Å²) in [6, 6.07) is 4.39. The van der Waals surface area contributed by atoms with Gasteiger partial charge in [-0.3, -0.25) is 0 Å². The van der Waals surface area contributed by atoms with Crippen molar-refractivity contribution in [1.29, 1.82) is 0 Å². The van der Waals surface area contributed by atoms with Crippen molar-refractivity contribution in [2.75, 3.05) is 19.0 Å². The van der Waals surface area contributed by atoms with Gasteiger partial charge in [0, 0.05) is 30.9 Å². The van der Waals surface area contributed by atoms with Crippen molar-refractivity contribution in [2.24, 2.45) is 0 Å². The Morgan fingerprint density at radius 3 is 0.493 bits per heavy atom. The molecule has 4 radical (unpaired) electrons. The maximum atomic E-state index is 9.09. The summed E-state index contributed by atoms with van der Waals surface area (Å²) in [4.78, 5) is 1.67. The van der Waals surface area contributed by atoms with Crippen LogP contribution < -0.4 is 4.90 Å². The first-order chi connectivity index (χ1) is 27.7. The molecule has 0 unspecified atom stereocenters. The van der Waals surface area contributed by atoms with E-state index in [2.05, 4.69) is 249 Å². The Morgan fingerprint density at radius 2 is 0.408 bits per heavy atom. The van der Waals surface area contributed by atoms with Crippen molar-refractivity contribution >= 4 is 5.69 Å². The summed E-state index contributed by atoms with van der Waals surface area (Å²) in [6.07, 6.45) is -3.14. The van der Waals surface area contributed by atoms with E-state index in [1.54, 1.807) is 19.0 Å². The van der Waals surface area contributed by atoms with Gasteiger partial charge in [-0.2, -0.15) is 249 Å². The van der Waals surface area contributed by atoms with E-state index in [9.17, 15) is 0 Å². The molecule has 0 bridgehead atoms. The third-order valence-corrected chi connectivity index (χ3v) is 2.11. The number of rotatable bonds is 3. The number of hydrogen-bond donors (Lipinski definition) is 4. The Balaban J connectivity index is -0.0000000228. The number of hydrogen-bond acceptors (Lipinski definition) is 5. The van der Waals surface area contributed by atoms with Crippen molar-refractivity contribution in [1.82, 2.24) is 0 Å². The van der Waals surface area contributed by atoms with Crippen LogP contribution in [0.1, 0.15) is 273 Å². The Hall–Kier alpha value is 1.56. The van der Waals surface area contributed by atoms with Gasteiger partial charge in [-0.1, -0.05) is 12.1 Å².